The van der Waals surface area contributed by atoms with Crippen LogP contribution in [0.1, 0.15) is 28.6 Å². The Morgan fingerprint density at radius 2 is 1.91 bits per heavy atom. The fourth-order valence-electron chi connectivity index (χ4n) is 3.12. The van der Waals surface area contributed by atoms with E-state index in [-0.39, 0.29) is 18.2 Å². The van der Waals surface area contributed by atoms with Gasteiger partial charge in [-0.1, -0.05) is 30.3 Å². The van der Waals surface area contributed by atoms with Gasteiger partial charge in [-0.2, -0.15) is 5.10 Å². The summed E-state index contributed by atoms with van der Waals surface area (Å²) in [6.07, 6.45) is 1.52. The summed E-state index contributed by atoms with van der Waals surface area (Å²) in [5.74, 6) is 0.588. The standard InChI is InChI=1S/C25H20FIN2O4/c1-2-31-22-12-17(11-20(27)24(22)32-15-16-7-9-19(26)10-8-16)14-28-29-25(30)23-13-18-5-3-4-6-21(18)33-23/h3-14H,2,15H2,1H3,(H,29,30)/b28-14+. The third kappa shape index (κ3) is 5.70. The number of hydrogen-bond acceptors (Lipinski definition) is 5. The molecule has 8 heteroatoms. The van der Waals surface area contributed by atoms with Crippen LogP contribution in [0.25, 0.3) is 11.0 Å². The third-order valence-corrected chi connectivity index (χ3v) is 5.46. The fraction of sp³-hybridized carbons (Fsp3) is 0.120. The van der Waals surface area contributed by atoms with E-state index >= 15 is 0 Å². The van der Waals surface area contributed by atoms with Crippen LogP contribution in [0.3, 0.4) is 0 Å². The van der Waals surface area contributed by atoms with Crippen molar-refractivity contribution >= 4 is 45.7 Å². The number of furan rings is 1. The van der Waals surface area contributed by atoms with E-state index in [9.17, 15) is 9.18 Å². The SMILES string of the molecule is CCOc1cc(/C=N/NC(=O)c2cc3ccccc3o2)cc(I)c1OCc1ccc(F)cc1. The van der Waals surface area contributed by atoms with E-state index in [1.807, 2.05) is 31.2 Å². The van der Waals surface area contributed by atoms with Crippen molar-refractivity contribution in [3.05, 3.63) is 93.0 Å². The lowest BCUT2D eigenvalue weighted by Gasteiger charge is -2.14. The van der Waals surface area contributed by atoms with Crippen LogP contribution in [0.2, 0.25) is 0 Å². The molecule has 0 atom stereocenters. The number of rotatable bonds is 8. The number of halogens is 2. The predicted molar refractivity (Wildman–Crippen MR) is 132 cm³/mol. The predicted octanol–water partition coefficient (Wildman–Crippen LogP) is 5.92. The van der Waals surface area contributed by atoms with Gasteiger partial charge >= 0.3 is 5.91 Å². The van der Waals surface area contributed by atoms with Crippen molar-refractivity contribution in [2.24, 2.45) is 5.10 Å². The van der Waals surface area contributed by atoms with Gasteiger partial charge in [0.1, 0.15) is 18.0 Å². The van der Waals surface area contributed by atoms with Crippen molar-refractivity contribution in [1.29, 1.82) is 0 Å². The number of hydrazone groups is 1. The Morgan fingerprint density at radius 1 is 1.12 bits per heavy atom. The Kier molecular flexibility index (Phi) is 7.23. The molecule has 6 nitrogen and oxygen atoms in total. The molecule has 0 aliphatic rings. The summed E-state index contributed by atoms with van der Waals surface area (Å²) in [5, 5.41) is 4.89. The minimum Gasteiger partial charge on any atom is -0.490 e. The fourth-order valence-corrected chi connectivity index (χ4v) is 3.90. The van der Waals surface area contributed by atoms with E-state index in [1.165, 1.54) is 18.3 Å². The molecule has 0 aliphatic heterocycles. The number of amides is 1. The highest BCUT2D eigenvalue weighted by molar-refractivity contribution is 14.1. The maximum atomic E-state index is 13.1. The zero-order chi connectivity index (χ0) is 23.2. The lowest BCUT2D eigenvalue weighted by molar-refractivity contribution is 0.0929. The van der Waals surface area contributed by atoms with Gasteiger partial charge in [-0.3, -0.25) is 4.79 Å². The second-order valence-corrected chi connectivity index (χ2v) is 8.19. The zero-order valence-corrected chi connectivity index (χ0v) is 19.8. The van der Waals surface area contributed by atoms with Crippen LogP contribution < -0.4 is 14.9 Å². The Bertz CT molecular complexity index is 1270. The molecule has 0 saturated carbocycles. The molecule has 4 rings (SSSR count). The van der Waals surface area contributed by atoms with Gasteiger partial charge < -0.3 is 13.9 Å². The van der Waals surface area contributed by atoms with Crippen molar-refractivity contribution in [1.82, 2.24) is 5.43 Å². The second-order valence-electron chi connectivity index (χ2n) is 7.03. The average Bonchev–Trinajstić information content (AvgIpc) is 3.24. The van der Waals surface area contributed by atoms with Crippen LogP contribution in [-0.2, 0) is 6.61 Å². The molecular formula is C25H20FIN2O4. The third-order valence-electron chi connectivity index (χ3n) is 4.66. The van der Waals surface area contributed by atoms with Gasteiger partial charge in [0.2, 0.25) is 0 Å². The van der Waals surface area contributed by atoms with Crippen molar-refractivity contribution in [2.75, 3.05) is 6.61 Å². The first-order valence-electron chi connectivity index (χ1n) is 10.2. The number of carbonyl (C=O) groups excluding carboxylic acids is 1. The van der Waals surface area contributed by atoms with E-state index in [1.54, 1.807) is 30.3 Å². The first-order chi connectivity index (χ1) is 16.0. The topological polar surface area (TPSA) is 73.1 Å². The molecular weight excluding hydrogens is 538 g/mol. The highest BCUT2D eigenvalue weighted by atomic mass is 127. The number of carbonyl (C=O) groups is 1. The number of benzene rings is 3. The molecule has 4 aromatic rings. The molecule has 1 amide bonds. The van der Waals surface area contributed by atoms with E-state index in [0.717, 1.165) is 20.1 Å². The van der Waals surface area contributed by atoms with Gasteiger partial charge in [-0.15, -0.1) is 0 Å². The number of para-hydroxylation sites is 1. The van der Waals surface area contributed by atoms with Gasteiger partial charge in [0.25, 0.3) is 0 Å². The molecule has 0 saturated heterocycles. The Hall–Kier alpha value is -3.40. The maximum absolute atomic E-state index is 13.1. The van der Waals surface area contributed by atoms with Crippen molar-refractivity contribution in [3.8, 4) is 11.5 Å². The summed E-state index contributed by atoms with van der Waals surface area (Å²) in [4.78, 5) is 12.3. The van der Waals surface area contributed by atoms with E-state index in [2.05, 4.69) is 33.1 Å². The molecule has 0 spiro atoms. The second kappa shape index (κ2) is 10.5. The molecule has 168 valence electrons. The number of ether oxygens (including phenoxy) is 2. The molecule has 0 radical (unpaired) electrons. The van der Waals surface area contributed by atoms with Crippen LogP contribution in [0, 0.1) is 9.39 Å². The molecule has 33 heavy (non-hydrogen) atoms. The Morgan fingerprint density at radius 3 is 2.67 bits per heavy atom. The van der Waals surface area contributed by atoms with Crippen molar-refractivity contribution in [2.45, 2.75) is 13.5 Å². The molecule has 1 heterocycles. The normalized spacial score (nSPS) is 11.1. The molecule has 0 aliphatic carbocycles. The first-order valence-corrected chi connectivity index (χ1v) is 11.3. The van der Waals surface area contributed by atoms with Crippen molar-refractivity contribution in [3.63, 3.8) is 0 Å². The Labute approximate surface area is 203 Å². The summed E-state index contributed by atoms with van der Waals surface area (Å²) < 4.78 is 31.2. The number of hydrogen-bond donors (Lipinski definition) is 1. The van der Waals surface area contributed by atoms with Gasteiger partial charge in [0.05, 0.1) is 16.4 Å². The monoisotopic (exact) mass is 558 g/mol. The highest BCUT2D eigenvalue weighted by Gasteiger charge is 2.13. The van der Waals surface area contributed by atoms with Gasteiger partial charge in [0, 0.05) is 5.39 Å². The highest BCUT2D eigenvalue weighted by Crippen LogP contribution is 2.34. The summed E-state index contributed by atoms with van der Waals surface area (Å²) in [6, 6.07) is 18.8. The number of nitrogens with zero attached hydrogens (tertiary/aromatic N) is 1. The average molecular weight is 558 g/mol. The van der Waals surface area contributed by atoms with Crippen LogP contribution in [0.5, 0.6) is 11.5 Å². The lowest BCUT2D eigenvalue weighted by Crippen LogP contribution is -2.16. The quantitative estimate of drug-likeness (QED) is 0.166. The van der Waals surface area contributed by atoms with Gasteiger partial charge in [-0.05, 0) is 77.0 Å². The summed E-state index contributed by atoms with van der Waals surface area (Å²) >= 11 is 2.15. The van der Waals surface area contributed by atoms with E-state index < -0.39 is 5.91 Å². The molecule has 0 bridgehead atoms. The molecule has 0 fully saturated rings. The summed E-state index contributed by atoms with van der Waals surface area (Å²) in [7, 11) is 0. The molecule has 1 N–H and O–H groups in total. The minimum atomic E-state index is -0.443. The van der Waals surface area contributed by atoms with Crippen LogP contribution in [0.4, 0.5) is 4.39 Å². The lowest BCUT2D eigenvalue weighted by atomic mass is 10.2. The minimum absolute atomic E-state index is 0.183. The Balaban J connectivity index is 1.46. The maximum Gasteiger partial charge on any atom is 0.307 e. The van der Waals surface area contributed by atoms with Gasteiger partial charge in [0.15, 0.2) is 17.3 Å². The van der Waals surface area contributed by atoms with Gasteiger partial charge in [-0.25, -0.2) is 9.82 Å². The largest absolute Gasteiger partial charge is 0.490 e. The number of nitrogens with one attached hydrogen (secondary N) is 1. The van der Waals surface area contributed by atoms with Crippen LogP contribution in [0.15, 0.2) is 76.2 Å². The first kappa shape index (κ1) is 22.8. The molecule has 3 aromatic carbocycles. The van der Waals surface area contributed by atoms with Crippen LogP contribution in [-0.4, -0.2) is 18.7 Å². The van der Waals surface area contributed by atoms with Crippen molar-refractivity contribution < 1.29 is 23.1 Å². The molecule has 1 aromatic heterocycles. The van der Waals surface area contributed by atoms with E-state index in [4.69, 9.17) is 13.9 Å². The summed E-state index contributed by atoms with van der Waals surface area (Å²) in [5.41, 5.74) is 4.68. The summed E-state index contributed by atoms with van der Waals surface area (Å²) in [6.45, 7) is 2.61. The smallest absolute Gasteiger partial charge is 0.307 e. The van der Waals surface area contributed by atoms with E-state index in [0.29, 0.717) is 23.7 Å². The molecule has 0 unspecified atom stereocenters. The zero-order valence-electron chi connectivity index (χ0n) is 17.7. The number of fused-ring (bicyclic) bond motifs is 1. The van der Waals surface area contributed by atoms with Crippen LogP contribution >= 0.6 is 22.6 Å².